The molecule has 0 saturated heterocycles. The van der Waals surface area contributed by atoms with Crippen LogP contribution in [0.5, 0.6) is 5.75 Å². The standard InChI is InChI=1S/C22H20F3NO4/c1-4-11(2)30-18(27)9-15-12(3)26(22(29)13-6-5-7-14(23)8-13)17-10-16(24)21(28)20(25)19(15)17/h5-8,10-11,28H,4,9H2,1-3H3. The predicted octanol–water partition coefficient (Wildman–Crippen LogP) is 4.65. The number of benzene rings is 2. The van der Waals surface area contributed by atoms with Crippen LogP contribution in [-0.2, 0) is 16.0 Å². The van der Waals surface area contributed by atoms with Crippen molar-refractivity contribution in [3.05, 3.63) is 64.6 Å². The monoisotopic (exact) mass is 419 g/mol. The van der Waals surface area contributed by atoms with Crippen LogP contribution in [0.1, 0.15) is 41.9 Å². The van der Waals surface area contributed by atoms with Crippen LogP contribution >= 0.6 is 0 Å². The number of hydrogen-bond donors (Lipinski definition) is 1. The van der Waals surface area contributed by atoms with E-state index in [4.69, 9.17) is 4.74 Å². The smallest absolute Gasteiger partial charge is 0.310 e. The molecule has 1 unspecified atom stereocenters. The summed E-state index contributed by atoms with van der Waals surface area (Å²) < 4.78 is 48.7. The fourth-order valence-electron chi connectivity index (χ4n) is 3.28. The number of hydrogen-bond acceptors (Lipinski definition) is 4. The van der Waals surface area contributed by atoms with Crippen molar-refractivity contribution in [2.24, 2.45) is 0 Å². The molecule has 0 bridgehead atoms. The molecule has 0 saturated carbocycles. The molecule has 30 heavy (non-hydrogen) atoms. The molecule has 0 aliphatic carbocycles. The van der Waals surface area contributed by atoms with E-state index in [1.807, 2.05) is 6.92 Å². The molecule has 1 atom stereocenters. The highest BCUT2D eigenvalue weighted by Gasteiger charge is 2.27. The number of halogens is 3. The third kappa shape index (κ3) is 3.77. The van der Waals surface area contributed by atoms with Crippen molar-refractivity contribution in [1.29, 1.82) is 0 Å². The SMILES string of the molecule is CCC(C)OC(=O)Cc1c(C)n(C(=O)c2cccc(F)c2)c2cc(F)c(O)c(F)c12. The van der Waals surface area contributed by atoms with Crippen molar-refractivity contribution in [1.82, 2.24) is 4.57 Å². The Labute approximate surface area is 170 Å². The summed E-state index contributed by atoms with van der Waals surface area (Å²) in [4.78, 5) is 25.3. The van der Waals surface area contributed by atoms with Crippen LogP contribution in [0, 0.1) is 24.4 Å². The molecule has 158 valence electrons. The highest BCUT2D eigenvalue weighted by atomic mass is 19.1. The number of phenolic OH excluding ortho intramolecular Hbond substituents is 1. The first-order valence-corrected chi connectivity index (χ1v) is 9.36. The Morgan fingerprint density at radius 1 is 1.20 bits per heavy atom. The molecule has 2 aromatic carbocycles. The Morgan fingerprint density at radius 2 is 1.90 bits per heavy atom. The molecule has 0 radical (unpaired) electrons. The lowest BCUT2D eigenvalue weighted by molar-refractivity contribution is -0.147. The Morgan fingerprint density at radius 3 is 2.53 bits per heavy atom. The Balaban J connectivity index is 2.22. The molecule has 5 nitrogen and oxygen atoms in total. The normalized spacial score (nSPS) is 12.2. The molecule has 8 heteroatoms. The summed E-state index contributed by atoms with van der Waals surface area (Å²) in [7, 11) is 0. The van der Waals surface area contributed by atoms with Gasteiger partial charge >= 0.3 is 5.97 Å². The average Bonchev–Trinajstić information content (AvgIpc) is 2.96. The second kappa shape index (κ2) is 8.22. The van der Waals surface area contributed by atoms with Gasteiger partial charge in [-0.05, 0) is 44.0 Å². The largest absolute Gasteiger partial charge is 0.503 e. The molecule has 0 aliphatic rings. The first-order valence-electron chi connectivity index (χ1n) is 9.36. The molecular weight excluding hydrogens is 399 g/mol. The van der Waals surface area contributed by atoms with Gasteiger partial charge in [0.2, 0.25) is 0 Å². The van der Waals surface area contributed by atoms with Gasteiger partial charge in [0.1, 0.15) is 5.82 Å². The molecule has 1 aromatic heterocycles. The number of carbonyl (C=O) groups excluding carboxylic acids is 2. The van der Waals surface area contributed by atoms with Gasteiger partial charge in [-0.2, -0.15) is 0 Å². The molecule has 1 N–H and O–H groups in total. The second-order valence-corrected chi connectivity index (χ2v) is 7.02. The van der Waals surface area contributed by atoms with E-state index in [9.17, 15) is 27.9 Å². The minimum atomic E-state index is -1.29. The van der Waals surface area contributed by atoms with Crippen LogP contribution in [0.4, 0.5) is 13.2 Å². The maximum Gasteiger partial charge on any atom is 0.310 e. The van der Waals surface area contributed by atoms with E-state index >= 15 is 0 Å². The topological polar surface area (TPSA) is 68.5 Å². The summed E-state index contributed by atoms with van der Waals surface area (Å²) in [6.45, 7) is 4.98. The van der Waals surface area contributed by atoms with Crippen LogP contribution in [0.2, 0.25) is 0 Å². The lowest BCUT2D eigenvalue weighted by Gasteiger charge is -2.11. The third-order valence-corrected chi connectivity index (χ3v) is 4.99. The van der Waals surface area contributed by atoms with Crippen LogP contribution in [-0.4, -0.2) is 27.7 Å². The number of fused-ring (bicyclic) bond motifs is 1. The molecule has 0 fully saturated rings. The van der Waals surface area contributed by atoms with E-state index in [1.165, 1.54) is 19.1 Å². The van der Waals surface area contributed by atoms with Crippen molar-refractivity contribution in [3.63, 3.8) is 0 Å². The van der Waals surface area contributed by atoms with Gasteiger partial charge in [0.05, 0.1) is 18.0 Å². The first-order chi connectivity index (χ1) is 14.1. The minimum Gasteiger partial charge on any atom is -0.503 e. The van der Waals surface area contributed by atoms with E-state index in [-0.39, 0.29) is 33.8 Å². The van der Waals surface area contributed by atoms with Gasteiger partial charge in [0.25, 0.3) is 5.91 Å². The van der Waals surface area contributed by atoms with Gasteiger partial charge in [-0.3, -0.25) is 14.2 Å². The Kier molecular flexibility index (Phi) is 5.87. The predicted molar refractivity (Wildman–Crippen MR) is 104 cm³/mol. The molecule has 0 amide bonds. The number of carbonyl (C=O) groups is 2. The summed E-state index contributed by atoms with van der Waals surface area (Å²) in [5.74, 6) is -5.81. The number of esters is 1. The van der Waals surface area contributed by atoms with Crippen molar-refractivity contribution in [2.75, 3.05) is 0 Å². The highest BCUT2D eigenvalue weighted by Crippen LogP contribution is 2.35. The Bertz CT molecular complexity index is 1150. The van der Waals surface area contributed by atoms with Gasteiger partial charge in [0, 0.05) is 22.7 Å². The van der Waals surface area contributed by atoms with Crippen LogP contribution in [0.3, 0.4) is 0 Å². The van der Waals surface area contributed by atoms with E-state index < -0.39 is 41.5 Å². The molecule has 3 rings (SSSR count). The number of nitrogens with zero attached hydrogens (tertiary/aromatic N) is 1. The van der Waals surface area contributed by atoms with Gasteiger partial charge in [-0.1, -0.05) is 13.0 Å². The van der Waals surface area contributed by atoms with Crippen molar-refractivity contribution >= 4 is 22.8 Å². The zero-order valence-corrected chi connectivity index (χ0v) is 16.6. The lowest BCUT2D eigenvalue weighted by atomic mass is 10.1. The van der Waals surface area contributed by atoms with Crippen LogP contribution in [0.25, 0.3) is 10.9 Å². The van der Waals surface area contributed by atoms with Gasteiger partial charge in [-0.15, -0.1) is 0 Å². The third-order valence-electron chi connectivity index (χ3n) is 4.99. The summed E-state index contributed by atoms with van der Waals surface area (Å²) in [6, 6.07) is 5.66. The van der Waals surface area contributed by atoms with Crippen LogP contribution < -0.4 is 0 Å². The second-order valence-electron chi connectivity index (χ2n) is 7.02. The number of phenols is 1. The van der Waals surface area contributed by atoms with Crippen molar-refractivity contribution in [2.45, 2.75) is 39.7 Å². The first kappa shape index (κ1) is 21.4. The van der Waals surface area contributed by atoms with E-state index in [1.54, 1.807) is 6.92 Å². The molecular formula is C22H20F3NO4. The fourth-order valence-corrected chi connectivity index (χ4v) is 3.28. The van der Waals surface area contributed by atoms with Gasteiger partial charge < -0.3 is 9.84 Å². The zero-order chi connectivity index (χ0) is 22.2. The molecule has 0 spiro atoms. The maximum absolute atomic E-state index is 14.8. The van der Waals surface area contributed by atoms with E-state index in [2.05, 4.69) is 0 Å². The van der Waals surface area contributed by atoms with Crippen molar-refractivity contribution < 1.29 is 32.6 Å². The molecule has 0 aliphatic heterocycles. The summed E-state index contributed by atoms with van der Waals surface area (Å²) in [5.41, 5.74) is 0.0126. The summed E-state index contributed by atoms with van der Waals surface area (Å²) in [5, 5.41) is 9.46. The number of aromatic nitrogens is 1. The lowest BCUT2D eigenvalue weighted by Crippen LogP contribution is -2.17. The van der Waals surface area contributed by atoms with Crippen molar-refractivity contribution in [3.8, 4) is 5.75 Å². The van der Waals surface area contributed by atoms with Gasteiger partial charge in [-0.25, -0.2) is 13.2 Å². The number of aromatic hydroxyl groups is 1. The van der Waals surface area contributed by atoms with Crippen LogP contribution in [0.15, 0.2) is 30.3 Å². The quantitative estimate of drug-likeness (QED) is 0.612. The molecule has 1 heterocycles. The highest BCUT2D eigenvalue weighted by molar-refractivity contribution is 6.05. The Hall–Kier alpha value is -3.29. The minimum absolute atomic E-state index is 0.0439. The molecule has 3 aromatic rings. The number of rotatable bonds is 5. The fraction of sp³-hybridized carbons (Fsp3) is 0.273. The van der Waals surface area contributed by atoms with E-state index in [0.29, 0.717) is 6.42 Å². The average molecular weight is 419 g/mol. The summed E-state index contributed by atoms with van der Waals surface area (Å²) >= 11 is 0. The summed E-state index contributed by atoms with van der Waals surface area (Å²) in [6.07, 6.45) is -0.181. The van der Waals surface area contributed by atoms with Gasteiger partial charge in [0.15, 0.2) is 17.4 Å². The maximum atomic E-state index is 14.8. The zero-order valence-electron chi connectivity index (χ0n) is 16.6. The number of ether oxygens (including phenoxy) is 1. The van der Waals surface area contributed by atoms with E-state index in [0.717, 1.165) is 22.8 Å².